The van der Waals surface area contributed by atoms with Crippen molar-refractivity contribution in [1.29, 1.82) is 0 Å². The van der Waals surface area contributed by atoms with Crippen LogP contribution in [0.4, 0.5) is 16.2 Å². The van der Waals surface area contributed by atoms with Gasteiger partial charge in [-0.1, -0.05) is 37.3 Å². The molecule has 0 saturated carbocycles. The van der Waals surface area contributed by atoms with Crippen LogP contribution in [0.2, 0.25) is 0 Å². The number of rotatable bonds is 5. The minimum atomic E-state index is -0.126. The molecular formula is C22H27N3O3. The zero-order valence-corrected chi connectivity index (χ0v) is 16.4. The molecule has 6 nitrogen and oxygen atoms in total. The van der Waals surface area contributed by atoms with Crippen LogP contribution in [0.15, 0.2) is 48.5 Å². The first-order valence-corrected chi connectivity index (χ1v) is 9.69. The van der Waals surface area contributed by atoms with Crippen molar-refractivity contribution in [2.24, 2.45) is 0 Å². The Morgan fingerprint density at radius 1 is 1.14 bits per heavy atom. The summed E-state index contributed by atoms with van der Waals surface area (Å²) in [5.74, 6) is 0.807. The fourth-order valence-corrected chi connectivity index (χ4v) is 3.48. The number of nitrogens with zero attached hydrogens (tertiary/aromatic N) is 1. The molecule has 0 aliphatic carbocycles. The van der Waals surface area contributed by atoms with E-state index in [1.807, 2.05) is 23.1 Å². The second kappa shape index (κ2) is 9.26. The van der Waals surface area contributed by atoms with Gasteiger partial charge < -0.3 is 20.3 Å². The summed E-state index contributed by atoms with van der Waals surface area (Å²) >= 11 is 0. The molecule has 148 valence electrons. The molecule has 0 radical (unpaired) electrons. The molecule has 1 heterocycles. The van der Waals surface area contributed by atoms with Gasteiger partial charge in [0.05, 0.1) is 12.8 Å². The Bertz CT molecular complexity index is 823. The van der Waals surface area contributed by atoms with Crippen LogP contribution in [0.3, 0.4) is 0 Å². The van der Waals surface area contributed by atoms with Crippen molar-refractivity contribution in [2.75, 3.05) is 30.8 Å². The molecule has 1 aliphatic heterocycles. The summed E-state index contributed by atoms with van der Waals surface area (Å²) in [5, 5.41) is 5.75. The Labute approximate surface area is 165 Å². The lowest BCUT2D eigenvalue weighted by Crippen LogP contribution is -2.41. The molecule has 2 aromatic carbocycles. The van der Waals surface area contributed by atoms with Gasteiger partial charge in [0.2, 0.25) is 5.91 Å². The van der Waals surface area contributed by atoms with E-state index in [9.17, 15) is 9.59 Å². The number of benzene rings is 2. The summed E-state index contributed by atoms with van der Waals surface area (Å²) in [6.45, 7) is 3.23. The molecule has 0 bridgehead atoms. The van der Waals surface area contributed by atoms with Crippen LogP contribution in [0, 0.1) is 0 Å². The molecule has 1 atom stereocenters. The molecule has 1 saturated heterocycles. The molecule has 3 amide bonds. The van der Waals surface area contributed by atoms with E-state index in [2.05, 4.69) is 22.8 Å². The number of urea groups is 1. The summed E-state index contributed by atoms with van der Waals surface area (Å²) in [6.07, 6.45) is 2.44. The number of carbonyl (C=O) groups excluding carboxylic acids is 2. The first kappa shape index (κ1) is 19.7. The van der Waals surface area contributed by atoms with Crippen molar-refractivity contribution < 1.29 is 14.3 Å². The third-order valence-electron chi connectivity index (χ3n) is 5.03. The van der Waals surface area contributed by atoms with Gasteiger partial charge in [0.15, 0.2) is 0 Å². The largest absolute Gasteiger partial charge is 0.495 e. The fraction of sp³-hybridized carbons (Fsp3) is 0.364. The van der Waals surface area contributed by atoms with Gasteiger partial charge in [-0.05, 0) is 36.6 Å². The van der Waals surface area contributed by atoms with Crippen molar-refractivity contribution in [3.63, 3.8) is 0 Å². The number of ether oxygens (including phenoxy) is 1. The Morgan fingerprint density at radius 3 is 2.64 bits per heavy atom. The minimum Gasteiger partial charge on any atom is -0.495 e. The van der Waals surface area contributed by atoms with Crippen LogP contribution >= 0.6 is 0 Å². The van der Waals surface area contributed by atoms with E-state index in [1.54, 1.807) is 32.2 Å². The first-order chi connectivity index (χ1) is 13.6. The summed E-state index contributed by atoms with van der Waals surface area (Å²) in [5.41, 5.74) is 2.45. The predicted molar refractivity (Wildman–Crippen MR) is 111 cm³/mol. The third-order valence-corrected chi connectivity index (χ3v) is 5.03. The number of anilines is 2. The molecule has 0 unspecified atom stereocenters. The number of piperidine rings is 1. The Hall–Kier alpha value is -3.02. The number of amides is 3. The molecule has 2 aromatic rings. The van der Waals surface area contributed by atoms with Crippen LogP contribution in [0.5, 0.6) is 5.75 Å². The van der Waals surface area contributed by atoms with Crippen LogP contribution < -0.4 is 15.4 Å². The van der Waals surface area contributed by atoms with Crippen LogP contribution in [-0.4, -0.2) is 37.0 Å². The number of carbonyl (C=O) groups is 2. The van der Waals surface area contributed by atoms with Crippen molar-refractivity contribution in [3.05, 3.63) is 54.1 Å². The van der Waals surface area contributed by atoms with E-state index < -0.39 is 0 Å². The predicted octanol–water partition coefficient (Wildman–Crippen LogP) is 4.46. The third kappa shape index (κ3) is 4.82. The highest BCUT2D eigenvalue weighted by atomic mass is 16.5. The maximum absolute atomic E-state index is 12.8. The lowest BCUT2D eigenvalue weighted by Gasteiger charge is -2.33. The monoisotopic (exact) mass is 381 g/mol. The van der Waals surface area contributed by atoms with E-state index in [0.717, 1.165) is 19.4 Å². The van der Waals surface area contributed by atoms with Crippen LogP contribution in [0.1, 0.15) is 37.7 Å². The number of likely N-dealkylation sites (tertiary alicyclic amines) is 1. The highest BCUT2D eigenvalue weighted by Gasteiger charge is 2.24. The number of methoxy groups -OCH3 is 1. The smallest absolute Gasteiger partial charge is 0.321 e. The van der Waals surface area contributed by atoms with E-state index in [4.69, 9.17) is 4.74 Å². The number of nitrogens with one attached hydrogen (secondary N) is 2. The lowest BCUT2D eigenvalue weighted by atomic mass is 9.91. The van der Waals surface area contributed by atoms with E-state index in [0.29, 0.717) is 36.0 Å². The molecule has 0 spiro atoms. The van der Waals surface area contributed by atoms with Crippen molar-refractivity contribution in [2.45, 2.75) is 32.1 Å². The fourth-order valence-electron chi connectivity index (χ4n) is 3.48. The molecule has 2 N–H and O–H groups in total. The topological polar surface area (TPSA) is 70.7 Å². The molecule has 1 fully saturated rings. The summed E-state index contributed by atoms with van der Waals surface area (Å²) in [7, 11) is 1.55. The van der Waals surface area contributed by atoms with Gasteiger partial charge in [0, 0.05) is 31.1 Å². The lowest BCUT2D eigenvalue weighted by molar-refractivity contribution is -0.115. The molecule has 3 rings (SSSR count). The van der Waals surface area contributed by atoms with Crippen molar-refractivity contribution in [3.8, 4) is 5.75 Å². The van der Waals surface area contributed by atoms with E-state index >= 15 is 0 Å². The maximum atomic E-state index is 12.8. The van der Waals surface area contributed by atoms with Gasteiger partial charge in [-0.15, -0.1) is 0 Å². The zero-order valence-electron chi connectivity index (χ0n) is 16.4. The first-order valence-electron chi connectivity index (χ1n) is 9.69. The molecule has 1 aliphatic rings. The summed E-state index contributed by atoms with van der Waals surface area (Å²) < 4.78 is 5.29. The average molecular weight is 381 g/mol. The standard InChI is InChI=1S/C22H27N3O3/c1-3-21(26)24-19-14-18(11-12-20(19)28-2)23-22(27)25-13-7-10-17(15-25)16-8-5-4-6-9-16/h4-6,8-9,11-12,14,17H,3,7,10,13,15H2,1-2H3,(H,23,27)(H,24,26)/t17-/m0/s1. The van der Waals surface area contributed by atoms with Crippen molar-refractivity contribution >= 4 is 23.3 Å². The SMILES string of the molecule is CCC(=O)Nc1cc(NC(=O)N2CCC[C@H](c3ccccc3)C2)ccc1OC. The highest BCUT2D eigenvalue weighted by Crippen LogP contribution is 2.30. The second-order valence-electron chi connectivity index (χ2n) is 6.94. The Balaban J connectivity index is 1.68. The summed E-state index contributed by atoms with van der Waals surface area (Å²) in [4.78, 5) is 26.4. The van der Waals surface area contributed by atoms with Crippen LogP contribution in [0.25, 0.3) is 0 Å². The molecule has 0 aromatic heterocycles. The van der Waals surface area contributed by atoms with Gasteiger partial charge in [0.1, 0.15) is 5.75 Å². The van der Waals surface area contributed by atoms with Gasteiger partial charge >= 0.3 is 6.03 Å². The van der Waals surface area contributed by atoms with Gasteiger partial charge in [-0.25, -0.2) is 4.79 Å². The van der Waals surface area contributed by atoms with E-state index in [1.165, 1.54) is 5.56 Å². The second-order valence-corrected chi connectivity index (χ2v) is 6.94. The normalized spacial score (nSPS) is 16.4. The maximum Gasteiger partial charge on any atom is 0.321 e. The van der Waals surface area contributed by atoms with Gasteiger partial charge in [-0.3, -0.25) is 4.79 Å². The number of hydrogen-bond donors (Lipinski definition) is 2. The molecule has 28 heavy (non-hydrogen) atoms. The highest BCUT2D eigenvalue weighted by molar-refractivity contribution is 5.95. The quantitative estimate of drug-likeness (QED) is 0.803. The summed E-state index contributed by atoms with van der Waals surface area (Å²) in [6, 6.07) is 15.4. The van der Waals surface area contributed by atoms with Crippen molar-refractivity contribution in [1.82, 2.24) is 4.90 Å². The average Bonchev–Trinajstić information content (AvgIpc) is 2.74. The van der Waals surface area contributed by atoms with E-state index in [-0.39, 0.29) is 11.9 Å². The van der Waals surface area contributed by atoms with Gasteiger partial charge in [0.25, 0.3) is 0 Å². The zero-order chi connectivity index (χ0) is 19.9. The van der Waals surface area contributed by atoms with Gasteiger partial charge in [-0.2, -0.15) is 0 Å². The number of hydrogen-bond acceptors (Lipinski definition) is 3. The Kier molecular flexibility index (Phi) is 6.53. The van der Waals surface area contributed by atoms with Crippen LogP contribution in [-0.2, 0) is 4.79 Å². The molecular weight excluding hydrogens is 354 g/mol. The molecule has 6 heteroatoms. The Morgan fingerprint density at radius 2 is 1.93 bits per heavy atom. The minimum absolute atomic E-state index is 0.108.